The van der Waals surface area contributed by atoms with Gasteiger partial charge in [0.05, 0.1) is 5.69 Å². The maximum absolute atomic E-state index is 12.5. The Labute approximate surface area is 166 Å². The van der Waals surface area contributed by atoms with Gasteiger partial charge in [0.2, 0.25) is 0 Å². The number of benzene rings is 2. The minimum absolute atomic E-state index is 0.0265. The van der Waals surface area contributed by atoms with E-state index in [1.54, 1.807) is 0 Å². The number of aromatic nitrogens is 2. The lowest BCUT2D eigenvalue weighted by atomic mass is 10.0. The Bertz CT molecular complexity index is 907. The topological polar surface area (TPSA) is 61.0 Å². The lowest BCUT2D eigenvalue weighted by Crippen LogP contribution is -2.48. The summed E-state index contributed by atoms with van der Waals surface area (Å²) in [5.41, 5.74) is 2.81. The number of piperidine rings is 1. The molecule has 5 nitrogen and oxygen atoms in total. The van der Waals surface area contributed by atoms with Crippen molar-refractivity contribution in [3.8, 4) is 11.3 Å². The monoisotopic (exact) mass is 424 g/mol. The van der Waals surface area contributed by atoms with E-state index in [4.69, 9.17) is 0 Å². The van der Waals surface area contributed by atoms with Crippen LogP contribution in [-0.4, -0.2) is 35.2 Å². The molecule has 0 spiro atoms. The van der Waals surface area contributed by atoms with Crippen molar-refractivity contribution >= 4 is 27.7 Å². The number of amides is 1. The van der Waals surface area contributed by atoms with Crippen molar-refractivity contribution < 1.29 is 4.79 Å². The van der Waals surface area contributed by atoms with Crippen molar-refractivity contribution in [3.63, 3.8) is 0 Å². The first kappa shape index (κ1) is 17.8. The van der Waals surface area contributed by atoms with Gasteiger partial charge in [0.15, 0.2) is 5.82 Å². The maximum Gasteiger partial charge on any atom is 0.251 e. The molecule has 2 aromatic carbocycles. The van der Waals surface area contributed by atoms with E-state index in [-0.39, 0.29) is 11.9 Å². The van der Waals surface area contributed by atoms with E-state index in [1.807, 2.05) is 42.5 Å². The number of rotatable bonds is 4. The Morgan fingerprint density at radius 1 is 1.15 bits per heavy atom. The van der Waals surface area contributed by atoms with E-state index in [9.17, 15) is 4.79 Å². The maximum atomic E-state index is 12.5. The van der Waals surface area contributed by atoms with Crippen LogP contribution in [0.15, 0.2) is 65.1 Å². The van der Waals surface area contributed by atoms with Gasteiger partial charge < -0.3 is 10.2 Å². The fraction of sp³-hybridized carbons (Fsp3) is 0.238. The number of halogens is 1. The Balaban J connectivity index is 1.42. The highest BCUT2D eigenvalue weighted by molar-refractivity contribution is 9.10. The van der Waals surface area contributed by atoms with Gasteiger partial charge in [-0.05, 0) is 42.7 Å². The zero-order valence-electron chi connectivity index (χ0n) is 14.9. The number of carbonyl (C=O) groups excluding carboxylic acids is 1. The quantitative estimate of drug-likeness (QED) is 0.658. The van der Waals surface area contributed by atoms with Crippen molar-refractivity contribution in [3.05, 3.63) is 70.7 Å². The molecule has 1 fully saturated rings. The second-order valence-electron chi connectivity index (χ2n) is 6.77. The molecule has 1 atom stereocenters. The highest BCUT2D eigenvalue weighted by Gasteiger charge is 2.23. The van der Waals surface area contributed by atoms with E-state index in [0.29, 0.717) is 5.56 Å². The predicted octanol–water partition coefficient (Wildman–Crippen LogP) is 4.24. The Kier molecular flexibility index (Phi) is 5.25. The van der Waals surface area contributed by atoms with Crippen LogP contribution in [0.5, 0.6) is 0 Å². The molecule has 1 aliphatic heterocycles. The highest BCUT2D eigenvalue weighted by Crippen LogP contribution is 2.24. The van der Waals surface area contributed by atoms with Crippen LogP contribution in [0.3, 0.4) is 0 Å². The Morgan fingerprint density at radius 3 is 2.70 bits per heavy atom. The molecule has 0 bridgehead atoms. The number of aromatic amines is 1. The molecule has 3 aromatic rings. The van der Waals surface area contributed by atoms with Gasteiger partial charge in [-0.3, -0.25) is 9.89 Å². The van der Waals surface area contributed by atoms with E-state index in [1.165, 1.54) is 0 Å². The lowest BCUT2D eigenvalue weighted by Gasteiger charge is -2.33. The second-order valence-corrected chi connectivity index (χ2v) is 7.69. The minimum Gasteiger partial charge on any atom is -0.353 e. The summed E-state index contributed by atoms with van der Waals surface area (Å²) >= 11 is 3.40. The van der Waals surface area contributed by atoms with Crippen LogP contribution in [0.25, 0.3) is 11.3 Å². The zero-order chi connectivity index (χ0) is 18.6. The van der Waals surface area contributed by atoms with Gasteiger partial charge in [-0.15, -0.1) is 0 Å². The predicted molar refractivity (Wildman–Crippen MR) is 111 cm³/mol. The third-order valence-corrected chi connectivity index (χ3v) is 5.36. The van der Waals surface area contributed by atoms with E-state index in [0.717, 1.165) is 47.5 Å². The molecule has 4 rings (SSSR count). The van der Waals surface area contributed by atoms with Gasteiger partial charge in [0.25, 0.3) is 5.91 Å². The molecule has 6 heteroatoms. The summed E-state index contributed by atoms with van der Waals surface area (Å²) in [4.78, 5) is 14.7. The number of nitrogens with zero attached hydrogens (tertiary/aromatic N) is 2. The van der Waals surface area contributed by atoms with E-state index < -0.39 is 0 Å². The van der Waals surface area contributed by atoms with Crippen LogP contribution >= 0.6 is 15.9 Å². The Morgan fingerprint density at radius 2 is 1.93 bits per heavy atom. The van der Waals surface area contributed by atoms with Crippen molar-refractivity contribution in [2.24, 2.45) is 0 Å². The molecular formula is C21H21BrN4O. The molecule has 2 heterocycles. The van der Waals surface area contributed by atoms with Crippen LogP contribution < -0.4 is 10.2 Å². The molecule has 1 saturated heterocycles. The molecule has 0 aliphatic carbocycles. The lowest BCUT2D eigenvalue weighted by molar-refractivity contribution is 0.0933. The van der Waals surface area contributed by atoms with Crippen molar-refractivity contribution in [2.75, 3.05) is 18.0 Å². The van der Waals surface area contributed by atoms with Gasteiger partial charge in [-0.2, -0.15) is 5.10 Å². The molecule has 138 valence electrons. The standard InChI is InChI=1S/C21H21BrN4O/c22-17-10-8-16(9-11-17)21(27)23-18-7-4-12-26(14-18)20-13-19(24-25-20)15-5-2-1-3-6-15/h1-3,5-6,8-11,13,18H,4,7,12,14H2,(H,23,27)(H,24,25)/t18-/m1/s1. The zero-order valence-corrected chi connectivity index (χ0v) is 16.4. The molecule has 0 unspecified atom stereocenters. The van der Waals surface area contributed by atoms with Crippen molar-refractivity contribution in [1.82, 2.24) is 15.5 Å². The first-order chi connectivity index (χ1) is 13.2. The molecule has 0 radical (unpaired) electrons. The summed E-state index contributed by atoms with van der Waals surface area (Å²) in [7, 11) is 0. The summed E-state index contributed by atoms with van der Waals surface area (Å²) in [6.45, 7) is 1.71. The molecule has 27 heavy (non-hydrogen) atoms. The normalized spacial score (nSPS) is 16.9. The fourth-order valence-electron chi connectivity index (χ4n) is 3.41. The number of anilines is 1. The van der Waals surface area contributed by atoms with Crippen molar-refractivity contribution in [2.45, 2.75) is 18.9 Å². The minimum atomic E-state index is -0.0265. The van der Waals surface area contributed by atoms with Gasteiger partial charge in [-0.25, -0.2) is 0 Å². The summed E-state index contributed by atoms with van der Waals surface area (Å²) < 4.78 is 0.968. The SMILES string of the molecule is O=C(N[C@@H]1CCCN(c2cc(-c3ccccc3)[nH]n2)C1)c1ccc(Br)cc1. The van der Waals surface area contributed by atoms with Gasteiger partial charge in [-0.1, -0.05) is 46.3 Å². The average molecular weight is 425 g/mol. The van der Waals surface area contributed by atoms with Gasteiger partial charge in [0, 0.05) is 35.2 Å². The number of H-pyrrole nitrogens is 1. The third kappa shape index (κ3) is 4.22. The molecule has 2 N–H and O–H groups in total. The summed E-state index contributed by atoms with van der Waals surface area (Å²) in [5.74, 6) is 0.901. The highest BCUT2D eigenvalue weighted by atomic mass is 79.9. The van der Waals surface area contributed by atoms with Crippen molar-refractivity contribution in [1.29, 1.82) is 0 Å². The van der Waals surface area contributed by atoms with Crippen LogP contribution in [0.2, 0.25) is 0 Å². The number of hydrogen-bond acceptors (Lipinski definition) is 3. The summed E-state index contributed by atoms with van der Waals surface area (Å²) in [6, 6.07) is 19.8. The van der Waals surface area contributed by atoms with Crippen LogP contribution in [0.1, 0.15) is 23.2 Å². The molecular weight excluding hydrogens is 404 g/mol. The van der Waals surface area contributed by atoms with Gasteiger partial charge in [0.1, 0.15) is 0 Å². The third-order valence-electron chi connectivity index (χ3n) is 4.84. The van der Waals surface area contributed by atoms with E-state index >= 15 is 0 Å². The molecule has 1 amide bonds. The molecule has 1 aromatic heterocycles. The van der Waals surface area contributed by atoms with Crippen LogP contribution in [0, 0.1) is 0 Å². The smallest absolute Gasteiger partial charge is 0.251 e. The van der Waals surface area contributed by atoms with Crippen LogP contribution in [0.4, 0.5) is 5.82 Å². The number of hydrogen-bond donors (Lipinski definition) is 2. The first-order valence-corrected chi connectivity index (χ1v) is 9.90. The number of nitrogens with one attached hydrogen (secondary N) is 2. The van der Waals surface area contributed by atoms with Crippen LogP contribution in [-0.2, 0) is 0 Å². The summed E-state index contributed by atoms with van der Waals surface area (Å²) in [5, 5.41) is 10.8. The summed E-state index contributed by atoms with van der Waals surface area (Å²) in [6.07, 6.45) is 2.01. The largest absolute Gasteiger partial charge is 0.353 e. The van der Waals surface area contributed by atoms with Gasteiger partial charge >= 0.3 is 0 Å². The first-order valence-electron chi connectivity index (χ1n) is 9.11. The fourth-order valence-corrected chi connectivity index (χ4v) is 3.68. The average Bonchev–Trinajstić information content (AvgIpc) is 3.20. The Hall–Kier alpha value is -2.60. The number of carbonyl (C=O) groups is 1. The molecule has 1 aliphatic rings. The second kappa shape index (κ2) is 7.96. The molecule has 0 saturated carbocycles. The van der Waals surface area contributed by atoms with E-state index in [2.05, 4.69) is 54.5 Å².